The molecule has 2 rings (SSSR count). The molecule has 2 heterocycles. The predicted octanol–water partition coefficient (Wildman–Crippen LogP) is 8.98. The van der Waals surface area contributed by atoms with Crippen molar-refractivity contribution in [1.29, 1.82) is 0 Å². The molecule has 2 aliphatic rings. The van der Waals surface area contributed by atoms with Gasteiger partial charge in [-0.15, -0.1) is 47.0 Å². The van der Waals surface area contributed by atoms with E-state index in [1.807, 2.05) is 47.0 Å². The van der Waals surface area contributed by atoms with E-state index >= 15 is 0 Å². The fourth-order valence-corrected chi connectivity index (χ4v) is 13.5. The van der Waals surface area contributed by atoms with Gasteiger partial charge in [-0.05, 0) is 71.3 Å². The number of hydrogen-bond donors (Lipinski definition) is 0. The molecule has 0 radical (unpaired) electrons. The third-order valence-corrected chi connectivity index (χ3v) is 15.8. The van der Waals surface area contributed by atoms with Gasteiger partial charge in [-0.2, -0.15) is 23.5 Å². The normalized spacial score (nSPS) is 20.3. The Labute approximate surface area is 240 Å². The van der Waals surface area contributed by atoms with Crippen LogP contribution in [0.4, 0.5) is 0 Å². The molecule has 0 spiro atoms. The van der Waals surface area contributed by atoms with E-state index in [9.17, 15) is 9.59 Å². The summed E-state index contributed by atoms with van der Waals surface area (Å²) in [5.74, 6) is 6.59. The van der Waals surface area contributed by atoms with E-state index in [0.29, 0.717) is 9.16 Å². The molecule has 2 aliphatic heterocycles. The van der Waals surface area contributed by atoms with Crippen molar-refractivity contribution in [1.82, 2.24) is 0 Å². The van der Waals surface area contributed by atoms with E-state index in [-0.39, 0.29) is 10.2 Å². The second kappa shape index (κ2) is 18.4. The van der Waals surface area contributed by atoms with Gasteiger partial charge in [0.1, 0.15) is 0 Å². The Bertz CT molecular complexity index is 713. The number of allylic oxidation sites excluding steroid dienone is 4. The molecular weight excluding hydrogens is 577 g/mol. The molecule has 0 bridgehead atoms. The molecule has 0 saturated carbocycles. The van der Waals surface area contributed by atoms with Crippen LogP contribution in [0.5, 0.6) is 0 Å². The minimum atomic E-state index is 0.0797. The first-order valence-corrected chi connectivity index (χ1v) is 19.0. The smallest absolute Gasteiger partial charge is 0.211 e. The molecule has 0 aromatic carbocycles. The van der Waals surface area contributed by atoms with Crippen molar-refractivity contribution in [3.63, 3.8) is 0 Å². The number of hydrogen-bond acceptors (Lipinski definition) is 10. The lowest BCUT2D eigenvalue weighted by atomic mass is 10.3. The molecule has 2 nitrogen and oxygen atoms in total. The van der Waals surface area contributed by atoms with Crippen molar-refractivity contribution in [2.75, 3.05) is 34.5 Å². The highest BCUT2D eigenvalue weighted by atomic mass is 32.2. The molecule has 0 N–H and O–H groups in total. The van der Waals surface area contributed by atoms with E-state index in [1.54, 1.807) is 0 Å². The fraction of sp³-hybridized carbons (Fsp3) is 0.583. The van der Waals surface area contributed by atoms with Crippen LogP contribution in [0, 0.1) is 0 Å². The summed E-state index contributed by atoms with van der Waals surface area (Å²) in [5.41, 5.74) is 0. The lowest BCUT2D eigenvalue weighted by Gasteiger charge is -2.10. The van der Waals surface area contributed by atoms with E-state index in [4.69, 9.17) is 0 Å². The molecule has 2 atom stereocenters. The van der Waals surface area contributed by atoms with Gasteiger partial charge in [0.15, 0.2) is 0 Å². The van der Waals surface area contributed by atoms with Crippen LogP contribution >= 0.6 is 94.1 Å². The largest absolute Gasteiger partial charge is 0.282 e. The van der Waals surface area contributed by atoms with Crippen molar-refractivity contribution in [3.05, 3.63) is 44.9 Å². The first kappa shape index (κ1) is 31.3. The van der Waals surface area contributed by atoms with E-state index in [2.05, 4.69) is 50.5 Å². The third-order valence-electron chi connectivity index (χ3n) is 4.75. The van der Waals surface area contributed by atoms with Crippen LogP contribution in [0.1, 0.15) is 39.5 Å². The molecule has 0 amide bonds. The summed E-state index contributed by atoms with van der Waals surface area (Å²) in [5, 5.41) is 0.159. The van der Waals surface area contributed by atoms with E-state index in [1.165, 1.54) is 78.3 Å². The Morgan fingerprint density at radius 2 is 1.15 bits per heavy atom. The zero-order valence-corrected chi connectivity index (χ0v) is 26.4. The quantitative estimate of drug-likeness (QED) is 0.118. The van der Waals surface area contributed by atoms with Gasteiger partial charge in [-0.1, -0.05) is 36.7 Å². The van der Waals surface area contributed by atoms with Crippen LogP contribution in [0.3, 0.4) is 0 Å². The van der Waals surface area contributed by atoms with Gasteiger partial charge in [0.2, 0.25) is 10.2 Å². The highest BCUT2D eigenvalue weighted by Crippen LogP contribution is 2.49. The van der Waals surface area contributed by atoms with Gasteiger partial charge in [-0.25, -0.2) is 0 Å². The van der Waals surface area contributed by atoms with Crippen LogP contribution < -0.4 is 0 Å². The molecule has 0 aliphatic carbocycles. The average Bonchev–Trinajstić information content (AvgIpc) is 3.37. The molecule has 0 aromatic heterocycles. The lowest BCUT2D eigenvalue weighted by molar-refractivity contribution is -0.107. The molecule has 190 valence electrons. The Kier molecular flexibility index (Phi) is 16.9. The summed E-state index contributed by atoms with van der Waals surface area (Å²) in [6, 6.07) is 0. The summed E-state index contributed by atoms with van der Waals surface area (Å²) < 4.78 is 1.28. The second-order valence-corrected chi connectivity index (χ2v) is 17.9. The maximum absolute atomic E-state index is 11.3. The van der Waals surface area contributed by atoms with E-state index < -0.39 is 0 Å². The summed E-state index contributed by atoms with van der Waals surface area (Å²) in [6.07, 6.45) is 7.11. The Balaban J connectivity index is 1.48. The van der Waals surface area contributed by atoms with Gasteiger partial charge in [0, 0.05) is 34.5 Å². The minimum absolute atomic E-state index is 0.0797. The molecular formula is C24H34O2S8. The van der Waals surface area contributed by atoms with Crippen molar-refractivity contribution in [3.8, 4) is 0 Å². The van der Waals surface area contributed by atoms with Gasteiger partial charge < -0.3 is 0 Å². The molecule has 10 heteroatoms. The highest BCUT2D eigenvalue weighted by molar-refractivity contribution is 8.25. The summed E-state index contributed by atoms with van der Waals surface area (Å²) in [6.45, 7) is 11.5. The topological polar surface area (TPSA) is 34.1 Å². The average molecular weight is 611 g/mol. The SMILES string of the molecule is C=CC(=O)SCCCC1=C(C)SC(CSCCSCC2SC(C)=C(CCCSC(=O)C=C)S2)S1. The van der Waals surface area contributed by atoms with Gasteiger partial charge in [-0.3, -0.25) is 9.59 Å². The third kappa shape index (κ3) is 12.6. The molecule has 0 aromatic rings. The van der Waals surface area contributed by atoms with Crippen molar-refractivity contribution < 1.29 is 9.59 Å². The van der Waals surface area contributed by atoms with Gasteiger partial charge in [0.05, 0.1) is 9.16 Å². The Morgan fingerprint density at radius 3 is 1.53 bits per heavy atom. The molecule has 0 fully saturated rings. The molecule has 2 unspecified atom stereocenters. The molecule has 34 heavy (non-hydrogen) atoms. The first-order chi connectivity index (χ1) is 16.4. The van der Waals surface area contributed by atoms with Crippen molar-refractivity contribution >= 4 is 104 Å². The van der Waals surface area contributed by atoms with Crippen LogP contribution in [-0.2, 0) is 9.59 Å². The highest BCUT2D eigenvalue weighted by Gasteiger charge is 2.24. The number of carbonyl (C=O) groups is 2. The summed E-state index contributed by atoms with van der Waals surface area (Å²) >= 11 is 15.0. The maximum Gasteiger partial charge on any atom is 0.211 e. The minimum Gasteiger partial charge on any atom is -0.282 e. The standard InChI is InChI=1S/C24H34O2S8/c1-5-21(25)29-11-7-9-19-17(3)31-23(33-19)15-27-13-14-28-16-24-32-18(4)20(34-24)10-8-12-30-22(26)6-2/h5-6,23-24H,1-2,7-16H2,3-4H3. The summed E-state index contributed by atoms with van der Waals surface area (Å²) in [4.78, 5) is 28.6. The van der Waals surface area contributed by atoms with Gasteiger partial charge >= 0.3 is 0 Å². The van der Waals surface area contributed by atoms with Crippen LogP contribution in [0.25, 0.3) is 0 Å². The fourth-order valence-electron chi connectivity index (χ4n) is 3.07. The Hall–Kier alpha value is 1.10. The molecule has 0 saturated heterocycles. The number of rotatable bonds is 17. The zero-order chi connectivity index (χ0) is 24.8. The van der Waals surface area contributed by atoms with E-state index in [0.717, 1.165) is 37.2 Å². The predicted molar refractivity (Wildman–Crippen MR) is 172 cm³/mol. The van der Waals surface area contributed by atoms with Crippen LogP contribution in [0.2, 0.25) is 0 Å². The second-order valence-electron chi connectivity index (χ2n) is 7.39. The van der Waals surface area contributed by atoms with Gasteiger partial charge in [0.25, 0.3) is 0 Å². The van der Waals surface area contributed by atoms with Crippen LogP contribution in [0.15, 0.2) is 44.9 Å². The Morgan fingerprint density at radius 1 is 0.735 bits per heavy atom. The van der Waals surface area contributed by atoms with Crippen LogP contribution in [-0.4, -0.2) is 53.9 Å². The number of thioether (sulfide) groups is 8. The number of carbonyl (C=O) groups excluding carboxylic acids is 2. The van der Waals surface area contributed by atoms with Crippen molar-refractivity contribution in [2.45, 2.75) is 48.7 Å². The first-order valence-electron chi connectivity index (χ1n) is 11.2. The van der Waals surface area contributed by atoms with Crippen molar-refractivity contribution in [2.24, 2.45) is 0 Å². The lowest BCUT2D eigenvalue weighted by Crippen LogP contribution is -2.01. The maximum atomic E-state index is 11.3. The summed E-state index contributed by atoms with van der Waals surface area (Å²) in [7, 11) is 0. The zero-order valence-electron chi connectivity index (χ0n) is 19.9. The monoisotopic (exact) mass is 610 g/mol.